The SMILES string of the molecule is CCC(C)c1ccc(C(CC)NC(=O)c2ccc(COc3ccc(OC)cc3)o2)cc1. The van der Waals surface area contributed by atoms with Crippen LogP contribution in [0.5, 0.6) is 11.5 Å². The molecule has 1 amide bonds. The van der Waals surface area contributed by atoms with E-state index in [1.165, 1.54) is 5.56 Å². The first-order chi connectivity index (χ1) is 15.0. The van der Waals surface area contributed by atoms with Crippen molar-refractivity contribution in [1.82, 2.24) is 5.32 Å². The van der Waals surface area contributed by atoms with Gasteiger partial charge in [-0.15, -0.1) is 0 Å². The van der Waals surface area contributed by atoms with Crippen molar-refractivity contribution in [3.8, 4) is 11.5 Å². The van der Waals surface area contributed by atoms with Crippen LogP contribution in [0.15, 0.2) is 65.1 Å². The number of hydrogen-bond acceptors (Lipinski definition) is 4. The molecule has 1 heterocycles. The molecule has 164 valence electrons. The maximum Gasteiger partial charge on any atom is 0.287 e. The Morgan fingerprint density at radius 3 is 2.16 bits per heavy atom. The molecule has 2 unspecified atom stereocenters. The number of methoxy groups -OCH3 is 1. The van der Waals surface area contributed by atoms with E-state index in [9.17, 15) is 4.79 Å². The minimum Gasteiger partial charge on any atom is -0.497 e. The predicted octanol–water partition coefficient (Wildman–Crippen LogP) is 6.26. The number of nitrogens with one attached hydrogen (secondary N) is 1. The van der Waals surface area contributed by atoms with E-state index in [1.54, 1.807) is 19.2 Å². The molecule has 0 saturated carbocycles. The highest BCUT2D eigenvalue weighted by Crippen LogP contribution is 2.23. The lowest BCUT2D eigenvalue weighted by Crippen LogP contribution is -2.27. The molecule has 2 atom stereocenters. The number of ether oxygens (including phenoxy) is 2. The largest absolute Gasteiger partial charge is 0.497 e. The molecule has 0 aliphatic heterocycles. The molecule has 0 radical (unpaired) electrons. The Morgan fingerprint density at radius 2 is 1.55 bits per heavy atom. The van der Waals surface area contributed by atoms with Gasteiger partial charge in [-0.25, -0.2) is 0 Å². The third-order valence-corrected chi connectivity index (χ3v) is 5.56. The van der Waals surface area contributed by atoms with E-state index in [2.05, 4.69) is 50.4 Å². The summed E-state index contributed by atoms with van der Waals surface area (Å²) >= 11 is 0. The van der Waals surface area contributed by atoms with Gasteiger partial charge >= 0.3 is 0 Å². The fourth-order valence-corrected chi connectivity index (χ4v) is 3.35. The standard InChI is InChI=1S/C26H31NO4/c1-5-18(3)19-7-9-20(10-8-19)24(6-2)27-26(28)25-16-15-23(31-25)17-30-22-13-11-21(29-4)12-14-22/h7-16,18,24H,5-6,17H2,1-4H3,(H,27,28). The lowest BCUT2D eigenvalue weighted by Gasteiger charge is -2.18. The van der Waals surface area contributed by atoms with E-state index in [1.807, 2.05) is 24.3 Å². The van der Waals surface area contributed by atoms with Gasteiger partial charge in [0.05, 0.1) is 13.2 Å². The van der Waals surface area contributed by atoms with E-state index < -0.39 is 0 Å². The molecule has 0 spiro atoms. The summed E-state index contributed by atoms with van der Waals surface area (Å²) in [5.41, 5.74) is 2.41. The van der Waals surface area contributed by atoms with Gasteiger partial charge < -0.3 is 19.2 Å². The zero-order chi connectivity index (χ0) is 22.2. The van der Waals surface area contributed by atoms with Gasteiger partial charge in [-0.2, -0.15) is 0 Å². The molecule has 2 aromatic carbocycles. The summed E-state index contributed by atoms with van der Waals surface area (Å²) in [5, 5.41) is 3.07. The fraction of sp³-hybridized carbons (Fsp3) is 0.346. The third-order valence-electron chi connectivity index (χ3n) is 5.56. The van der Waals surface area contributed by atoms with Crippen LogP contribution < -0.4 is 14.8 Å². The number of rotatable bonds is 10. The Bertz CT molecular complexity index is 960. The normalized spacial score (nSPS) is 12.8. The van der Waals surface area contributed by atoms with Crippen LogP contribution in [-0.4, -0.2) is 13.0 Å². The lowest BCUT2D eigenvalue weighted by molar-refractivity contribution is 0.0903. The second-order valence-electron chi connectivity index (χ2n) is 7.64. The fourth-order valence-electron chi connectivity index (χ4n) is 3.35. The van der Waals surface area contributed by atoms with Crippen LogP contribution >= 0.6 is 0 Å². The van der Waals surface area contributed by atoms with Crippen LogP contribution in [0, 0.1) is 0 Å². The highest BCUT2D eigenvalue weighted by molar-refractivity contribution is 5.91. The first kappa shape index (κ1) is 22.5. The van der Waals surface area contributed by atoms with Crippen LogP contribution in [0.25, 0.3) is 0 Å². The number of benzene rings is 2. The summed E-state index contributed by atoms with van der Waals surface area (Å²) in [6, 6.07) is 19.2. The highest BCUT2D eigenvalue weighted by atomic mass is 16.5. The number of hydrogen-bond donors (Lipinski definition) is 1. The minimum absolute atomic E-state index is 0.0671. The Balaban J connectivity index is 1.58. The van der Waals surface area contributed by atoms with Gasteiger partial charge in [0.25, 0.3) is 5.91 Å². The van der Waals surface area contributed by atoms with E-state index in [0.717, 1.165) is 24.2 Å². The molecule has 1 N–H and O–H groups in total. The molecule has 3 rings (SSSR count). The van der Waals surface area contributed by atoms with Gasteiger partial charge in [-0.05, 0) is 66.3 Å². The van der Waals surface area contributed by atoms with Gasteiger partial charge in [-0.1, -0.05) is 45.0 Å². The predicted molar refractivity (Wildman–Crippen MR) is 122 cm³/mol. The van der Waals surface area contributed by atoms with Crippen molar-refractivity contribution in [1.29, 1.82) is 0 Å². The van der Waals surface area contributed by atoms with Crippen LogP contribution in [0.2, 0.25) is 0 Å². The van der Waals surface area contributed by atoms with Gasteiger partial charge in [0.1, 0.15) is 23.9 Å². The zero-order valence-corrected chi connectivity index (χ0v) is 18.7. The molecular formula is C26H31NO4. The van der Waals surface area contributed by atoms with Gasteiger partial charge in [0.2, 0.25) is 0 Å². The van der Waals surface area contributed by atoms with Gasteiger partial charge in [0.15, 0.2) is 5.76 Å². The van der Waals surface area contributed by atoms with Crippen molar-refractivity contribution in [3.05, 3.63) is 83.3 Å². The van der Waals surface area contributed by atoms with Crippen molar-refractivity contribution in [2.45, 2.75) is 52.2 Å². The summed E-state index contributed by atoms with van der Waals surface area (Å²) in [5.74, 6) is 2.65. The van der Waals surface area contributed by atoms with Crippen LogP contribution in [0.4, 0.5) is 0 Å². The number of carbonyl (C=O) groups is 1. The van der Waals surface area contributed by atoms with Crippen molar-refractivity contribution >= 4 is 5.91 Å². The molecule has 0 fully saturated rings. The maximum absolute atomic E-state index is 12.7. The number of furan rings is 1. The van der Waals surface area contributed by atoms with Crippen molar-refractivity contribution in [2.24, 2.45) is 0 Å². The van der Waals surface area contributed by atoms with E-state index in [0.29, 0.717) is 17.4 Å². The lowest BCUT2D eigenvalue weighted by atomic mass is 9.95. The topological polar surface area (TPSA) is 60.7 Å². The van der Waals surface area contributed by atoms with Crippen LogP contribution in [0.1, 0.15) is 73.0 Å². The molecule has 0 aliphatic carbocycles. The summed E-state index contributed by atoms with van der Waals surface area (Å²) in [4.78, 5) is 12.7. The van der Waals surface area contributed by atoms with Gasteiger partial charge in [0, 0.05) is 0 Å². The average molecular weight is 422 g/mol. The van der Waals surface area contributed by atoms with E-state index in [-0.39, 0.29) is 24.3 Å². The van der Waals surface area contributed by atoms with Gasteiger partial charge in [-0.3, -0.25) is 4.79 Å². The molecule has 0 saturated heterocycles. The van der Waals surface area contributed by atoms with Crippen molar-refractivity contribution in [2.75, 3.05) is 7.11 Å². The summed E-state index contributed by atoms with van der Waals surface area (Å²) in [7, 11) is 1.62. The molecule has 1 aromatic heterocycles. The average Bonchev–Trinajstić information content (AvgIpc) is 3.30. The summed E-state index contributed by atoms with van der Waals surface area (Å²) in [6.45, 7) is 6.71. The Labute approximate surface area is 184 Å². The quantitative estimate of drug-likeness (QED) is 0.420. The molecule has 0 bridgehead atoms. The minimum atomic E-state index is -0.228. The van der Waals surface area contributed by atoms with Crippen LogP contribution in [-0.2, 0) is 6.61 Å². The smallest absolute Gasteiger partial charge is 0.287 e. The van der Waals surface area contributed by atoms with Crippen molar-refractivity contribution < 1.29 is 18.7 Å². The van der Waals surface area contributed by atoms with E-state index in [4.69, 9.17) is 13.9 Å². The first-order valence-corrected chi connectivity index (χ1v) is 10.8. The Kier molecular flexibility index (Phi) is 7.76. The summed E-state index contributed by atoms with van der Waals surface area (Å²) in [6.07, 6.45) is 1.90. The molecule has 5 nitrogen and oxygen atoms in total. The highest BCUT2D eigenvalue weighted by Gasteiger charge is 2.17. The second kappa shape index (κ2) is 10.7. The molecule has 31 heavy (non-hydrogen) atoms. The second-order valence-corrected chi connectivity index (χ2v) is 7.64. The third kappa shape index (κ3) is 5.91. The number of carbonyl (C=O) groups excluding carboxylic acids is 1. The summed E-state index contributed by atoms with van der Waals surface area (Å²) < 4.78 is 16.5. The zero-order valence-electron chi connectivity index (χ0n) is 18.7. The Hall–Kier alpha value is -3.21. The molecular weight excluding hydrogens is 390 g/mol. The molecule has 0 aliphatic rings. The monoisotopic (exact) mass is 421 g/mol. The van der Waals surface area contributed by atoms with Crippen molar-refractivity contribution in [3.63, 3.8) is 0 Å². The maximum atomic E-state index is 12.7. The number of amides is 1. The first-order valence-electron chi connectivity index (χ1n) is 10.8. The van der Waals surface area contributed by atoms with E-state index >= 15 is 0 Å². The Morgan fingerprint density at radius 1 is 0.903 bits per heavy atom. The molecule has 5 heteroatoms. The molecule has 3 aromatic rings. The van der Waals surface area contributed by atoms with Crippen LogP contribution in [0.3, 0.4) is 0 Å².